The molecule has 2 fully saturated rings. The molecule has 0 unspecified atom stereocenters. The van der Waals surface area contributed by atoms with Crippen molar-refractivity contribution in [3.63, 3.8) is 0 Å². The van der Waals surface area contributed by atoms with E-state index in [1.54, 1.807) is 18.6 Å². The monoisotopic (exact) mass is 510 g/mol. The summed E-state index contributed by atoms with van der Waals surface area (Å²) in [6.07, 6.45) is 7.03. The standard InChI is InChI=1S/C28H30N8O2/c37-27(35-17-23(18-35)34-13-11-29-12-14-34)25-19-36(26-24(25)4-2-10-31-26)22-7-5-21(6-8-22)33-28(38)32-16-20-3-1-9-30-15-20/h1-10,15,19,23,29H,11-14,16-18H2,(H2,32,33,38). The highest BCUT2D eigenvalue weighted by Gasteiger charge is 2.36. The van der Waals surface area contributed by atoms with Crippen molar-refractivity contribution < 1.29 is 9.59 Å². The molecule has 4 aromatic rings. The number of pyridine rings is 2. The number of anilines is 1. The number of hydrogen-bond acceptors (Lipinski definition) is 6. The molecule has 38 heavy (non-hydrogen) atoms. The van der Waals surface area contributed by atoms with Gasteiger partial charge in [0.1, 0.15) is 5.65 Å². The Balaban J connectivity index is 1.14. The SMILES string of the molecule is O=C(NCc1cccnc1)Nc1ccc(-n2cc(C(=O)N3CC(N4CCNCC4)C3)c3cccnc32)cc1. The second kappa shape index (κ2) is 10.6. The van der Waals surface area contributed by atoms with Gasteiger partial charge in [0.15, 0.2) is 0 Å². The summed E-state index contributed by atoms with van der Waals surface area (Å²) in [6.45, 7) is 5.99. The van der Waals surface area contributed by atoms with E-state index in [0.29, 0.717) is 23.8 Å². The van der Waals surface area contributed by atoms with Crippen molar-refractivity contribution in [2.75, 3.05) is 44.6 Å². The summed E-state index contributed by atoms with van der Waals surface area (Å²) in [7, 11) is 0. The Hall–Kier alpha value is -4.28. The van der Waals surface area contributed by atoms with Crippen LogP contribution in [0.3, 0.4) is 0 Å². The topological polar surface area (TPSA) is 107 Å². The van der Waals surface area contributed by atoms with E-state index in [1.165, 1.54) is 0 Å². The molecule has 10 nitrogen and oxygen atoms in total. The van der Waals surface area contributed by atoms with Crippen LogP contribution in [0.2, 0.25) is 0 Å². The minimum atomic E-state index is -0.295. The molecule has 0 spiro atoms. The highest BCUT2D eigenvalue weighted by Crippen LogP contribution is 2.27. The van der Waals surface area contributed by atoms with E-state index in [9.17, 15) is 9.59 Å². The number of fused-ring (bicyclic) bond motifs is 1. The second-order valence-electron chi connectivity index (χ2n) is 9.65. The normalized spacial score (nSPS) is 16.3. The van der Waals surface area contributed by atoms with E-state index in [0.717, 1.165) is 61.6 Å². The number of aromatic nitrogens is 3. The van der Waals surface area contributed by atoms with Crippen molar-refractivity contribution in [2.45, 2.75) is 12.6 Å². The number of nitrogens with one attached hydrogen (secondary N) is 3. The third-order valence-corrected chi connectivity index (χ3v) is 7.19. The number of benzene rings is 1. The zero-order chi connectivity index (χ0) is 25.9. The molecule has 0 atom stereocenters. The number of carbonyl (C=O) groups excluding carboxylic acids is 2. The number of likely N-dealkylation sites (tertiary alicyclic amines) is 1. The first-order valence-corrected chi connectivity index (χ1v) is 12.9. The van der Waals surface area contributed by atoms with Gasteiger partial charge in [-0.05, 0) is 48.0 Å². The summed E-state index contributed by atoms with van der Waals surface area (Å²) >= 11 is 0. The van der Waals surface area contributed by atoms with Crippen LogP contribution in [0.1, 0.15) is 15.9 Å². The number of rotatable bonds is 6. The Morgan fingerprint density at radius 3 is 2.55 bits per heavy atom. The zero-order valence-electron chi connectivity index (χ0n) is 21.0. The quantitative estimate of drug-likeness (QED) is 0.368. The van der Waals surface area contributed by atoms with Crippen LogP contribution in [0.5, 0.6) is 0 Å². The lowest BCUT2D eigenvalue weighted by atomic mass is 10.0. The van der Waals surface area contributed by atoms with E-state index in [2.05, 4.69) is 30.8 Å². The predicted octanol–water partition coefficient (Wildman–Crippen LogP) is 2.47. The van der Waals surface area contributed by atoms with Gasteiger partial charge in [-0.25, -0.2) is 9.78 Å². The molecule has 0 aliphatic carbocycles. The molecule has 2 saturated heterocycles. The maximum Gasteiger partial charge on any atom is 0.319 e. The van der Waals surface area contributed by atoms with Gasteiger partial charge in [0, 0.05) is 93.4 Å². The number of amides is 3. The van der Waals surface area contributed by atoms with Gasteiger partial charge in [0.25, 0.3) is 5.91 Å². The molecule has 1 aromatic carbocycles. The minimum Gasteiger partial charge on any atom is -0.335 e. The lowest BCUT2D eigenvalue weighted by molar-refractivity contribution is 0.0228. The number of hydrogen-bond donors (Lipinski definition) is 3. The fourth-order valence-electron chi connectivity index (χ4n) is 5.06. The fraction of sp³-hybridized carbons (Fsp3) is 0.286. The minimum absolute atomic E-state index is 0.0386. The largest absolute Gasteiger partial charge is 0.335 e. The maximum atomic E-state index is 13.4. The molecule has 3 amide bonds. The summed E-state index contributed by atoms with van der Waals surface area (Å²) in [6, 6.07) is 15.2. The Bertz CT molecular complexity index is 1420. The van der Waals surface area contributed by atoms with Crippen molar-refractivity contribution >= 4 is 28.7 Å². The van der Waals surface area contributed by atoms with E-state index in [4.69, 9.17) is 0 Å². The molecule has 2 aliphatic rings. The molecule has 10 heteroatoms. The molecular formula is C28H30N8O2. The van der Waals surface area contributed by atoms with E-state index < -0.39 is 0 Å². The summed E-state index contributed by atoms with van der Waals surface area (Å²) < 4.78 is 1.93. The van der Waals surface area contributed by atoms with Crippen LogP contribution in [0, 0.1) is 0 Å². The van der Waals surface area contributed by atoms with Crippen LogP contribution < -0.4 is 16.0 Å². The van der Waals surface area contributed by atoms with E-state index >= 15 is 0 Å². The molecule has 3 aromatic heterocycles. The van der Waals surface area contributed by atoms with Crippen LogP contribution in [0.25, 0.3) is 16.7 Å². The molecule has 0 radical (unpaired) electrons. The molecular weight excluding hydrogens is 480 g/mol. The van der Waals surface area contributed by atoms with Gasteiger partial charge in [-0.2, -0.15) is 0 Å². The molecule has 0 bridgehead atoms. The van der Waals surface area contributed by atoms with Gasteiger partial charge in [0.2, 0.25) is 0 Å². The van der Waals surface area contributed by atoms with Gasteiger partial charge >= 0.3 is 6.03 Å². The first kappa shape index (κ1) is 24.1. The van der Waals surface area contributed by atoms with Crippen LogP contribution in [-0.4, -0.2) is 81.6 Å². The van der Waals surface area contributed by atoms with Crippen LogP contribution in [-0.2, 0) is 6.54 Å². The first-order valence-electron chi connectivity index (χ1n) is 12.9. The lowest BCUT2D eigenvalue weighted by Gasteiger charge is -2.46. The average molecular weight is 511 g/mol. The summed E-state index contributed by atoms with van der Waals surface area (Å²) in [5, 5.41) is 9.89. The fourth-order valence-corrected chi connectivity index (χ4v) is 5.06. The Labute approximate surface area is 220 Å². The van der Waals surface area contributed by atoms with Crippen molar-refractivity contribution in [1.82, 2.24) is 35.0 Å². The van der Waals surface area contributed by atoms with Gasteiger partial charge in [-0.1, -0.05) is 6.07 Å². The summed E-state index contributed by atoms with van der Waals surface area (Å²) in [5.41, 5.74) is 3.83. The lowest BCUT2D eigenvalue weighted by Crippen LogP contribution is -2.63. The van der Waals surface area contributed by atoms with Crippen LogP contribution in [0.4, 0.5) is 10.5 Å². The molecule has 194 valence electrons. The van der Waals surface area contributed by atoms with Crippen molar-refractivity contribution in [3.05, 3.63) is 84.4 Å². The Morgan fingerprint density at radius 1 is 1.00 bits per heavy atom. The number of nitrogens with zero attached hydrogens (tertiary/aromatic N) is 5. The third kappa shape index (κ3) is 4.96. The highest BCUT2D eigenvalue weighted by molar-refractivity contribution is 6.07. The third-order valence-electron chi connectivity index (χ3n) is 7.19. The van der Waals surface area contributed by atoms with Gasteiger partial charge in [-0.15, -0.1) is 0 Å². The predicted molar refractivity (Wildman–Crippen MR) is 145 cm³/mol. The van der Waals surface area contributed by atoms with E-state index in [1.807, 2.05) is 64.2 Å². The van der Waals surface area contributed by atoms with Crippen LogP contribution in [0.15, 0.2) is 73.3 Å². The van der Waals surface area contributed by atoms with Crippen molar-refractivity contribution in [1.29, 1.82) is 0 Å². The summed E-state index contributed by atoms with van der Waals surface area (Å²) in [5.74, 6) is 0.0386. The van der Waals surface area contributed by atoms with Crippen LogP contribution >= 0.6 is 0 Å². The zero-order valence-corrected chi connectivity index (χ0v) is 21.0. The highest BCUT2D eigenvalue weighted by atomic mass is 16.2. The smallest absolute Gasteiger partial charge is 0.319 e. The molecule has 0 saturated carbocycles. The number of piperazine rings is 1. The molecule has 2 aliphatic heterocycles. The molecule has 3 N–H and O–H groups in total. The second-order valence-corrected chi connectivity index (χ2v) is 9.65. The molecule has 5 heterocycles. The van der Waals surface area contributed by atoms with Gasteiger partial charge in [-0.3, -0.25) is 14.7 Å². The Kier molecular flexibility index (Phi) is 6.72. The van der Waals surface area contributed by atoms with Gasteiger partial charge in [0.05, 0.1) is 5.56 Å². The van der Waals surface area contributed by atoms with Gasteiger partial charge < -0.3 is 25.4 Å². The number of urea groups is 1. The summed E-state index contributed by atoms with van der Waals surface area (Å²) in [4.78, 5) is 38.8. The number of carbonyl (C=O) groups is 2. The molecule has 6 rings (SSSR count). The van der Waals surface area contributed by atoms with Crippen molar-refractivity contribution in [2.24, 2.45) is 0 Å². The van der Waals surface area contributed by atoms with Crippen molar-refractivity contribution in [3.8, 4) is 5.69 Å². The average Bonchev–Trinajstić information content (AvgIpc) is 3.32. The van der Waals surface area contributed by atoms with E-state index in [-0.39, 0.29) is 11.9 Å². The maximum absolute atomic E-state index is 13.4. The Morgan fingerprint density at radius 2 is 1.79 bits per heavy atom. The first-order chi connectivity index (χ1) is 18.7.